The number of aliphatic carboxylic acids is 1. The van der Waals surface area contributed by atoms with Gasteiger partial charge in [0.1, 0.15) is 11.9 Å². The normalized spacial score (nSPS) is 19.8. The second-order valence-corrected chi connectivity index (χ2v) is 9.54. The number of piperidine rings is 1. The minimum absolute atomic E-state index is 0.0489. The van der Waals surface area contributed by atoms with Gasteiger partial charge in [0.15, 0.2) is 0 Å². The van der Waals surface area contributed by atoms with Crippen molar-refractivity contribution in [2.45, 2.75) is 84.0 Å². The predicted molar refractivity (Wildman–Crippen MR) is 135 cm³/mol. The Morgan fingerprint density at radius 1 is 1.11 bits per heavy atom. The van der Waals surface area contributed by atoms with Crippen LogP contribution in [0.1, 0.15) is 65.7 Å². The Kier molecular flexibility index (Phi) is 14.1. The highest BCUT2D eigenvalue weighted by Gasteiger charge is 2.27. The van der Waals surface area contributed by atoms with Crippen molar-refractivity contribution in [3.05, 3.63) is 36.0 Å². The Balaban J connectivity index is 2.57. The number of rotatable bonds is 16. The molecule has 2 amide bonds. The quantitative estimate of drug-likeness (QED) is 0.108. The summed E-state index contributed by atoms with van der Waals surface area (Å²) in [6.45, 7) is 5.18. The Morgan fingerprint density at radius 3 is 2.31 bits per heavy atom. The molecular formula is C27H41NO8. The largest absolute Gasteiger partial charge is 0.478 e. The van der Waals surface area contributed by atoms with Crippen LogP contribution in [-0.4, -0.2) is 64.3 Å². The van der Waals surface area contributed by atoms with E-state index in [4.69, 9.17) is 9.84 Å². The van der Waals surface area contributed by atoms with Crippen LogP contribution in [0.25, 0.3) is 0 Å². The number of imide groups is 1. The Hall–Kier alpha value is -2.62. The van der Waals surface area contributed by atoms with E-state index in [1.54, 1.807) is 39.0 Å². The zero-order valence-corrected chi connectivity index (χ0v) is 21.7. The molecule has 0 aromatic heterocycles. The van der Waals surface area contributed by atoms with Gasteiger partial charge in [-0.2, -0.15) is 0 Å². The number of carbonyl (C=O) groups is 4. The summed E-state index contributed by atoms with van der Waals surface area (Å²) in [5, 5.41) is 32.3. The molecule has 0 bridgehead atoms. The van der Waals surface area contributed by atoms with Crippen molar-refractivity contribution < 1.29 is 39.2 Å². The van der Waals surface area contributed by atoms with Gasteiger partial charge in [-0.3, -0.25) is 19.7 Å². The number of hydrogen-bond acceptors (Lipinski definition) is 7. The fourth-order valence-corrected chi connectivity index (χ4v) is 4.27. The summed E-state index contributed by atoms with van der Waals surface area (Å²) in [6, 6.07) is 0. The third-order valence-corrected chi connectivity index (χ3v) is 6.47. The van der Waals surface area contributed by atoms with Crippen LogP contribution in [0.3, 0.4) is 0 Å². The molecule has 0 aliphatic carbocycles. The number of nitrogens with one attached hydrogen (secondary N) is 1. The number of hydrogen-bond donors (Lipinski definition) is 4. The number of methoxy groups -OCH3 is 1. The average Bonchev–Trinajstić information content (AvgIpc) is 2.81. The zero-order chi connectivity index (χ0) is 27.3. The van der Waals surface area contributed by atoms with E-state index in [1.165, 1.54) is 7.11 Å². The lowest BCUT2D eigenvalue weighted by atomic mass is 9.87. The summed E-state index contributed by atoms with van der Waals surface area (Å²) in [5.41, 5.74) is 0.578. The van der Waals surface area contributed by atoms with Gasteiger partial charge in [0.05, 0.1) is 12.2 Å². The van der Waals surface area contributed by atoms with Gasteiger partial charge in [0.25, 0.3) is 0 Å². The van der Waals surface area contributed by atoms with Crippen molar-refractivity contribution in [1.29, 1.82) is 0 Å². The van der Waals surface area contributed by atoms with Gasteiger partial charge in [0, 0.05) is 44.3 Å². The van der Waals surface area contributed by atoms with Crippen LogP contribution >= 0.6 is 0 Å². The Bertz CT molecular complexity index is 831. The molecule has 1 heterocycles. The van der Waals surface area contributed by atoms with Crippen LogP contribution in [0, 0.1) is 17.8 Å². The number of ketones is 1. The molecule has 0 aromatic rings. The van der Waals surface area contributed by atoms with E-state index < -0.39 is 30.2 Å². The molecule has 1 aliphatic heterocycles. The van der Waals surface area contributed by atoms with Gasteiger partial charge in [-0.25, -0.2) is 4.79 Å². The van der Waals surface area contributed by atoms with E-state index in [-0.39, 0.29) is 35.9 Å². The minimum atomic E-state index is -0.994. The number of amides is 2. The molecule has 0 saturated carbocycles. The first-order chi connectivity index (χ1) is 17.0. The molecule has 9 heteroatoms. The van der Waals surface area contributed by atoms with E-state index in [2.05, 4.69) is 5.32 Å². The standard InChI is InChI=1S/C27H41NO8/c1-17(14-18(2)27(35)22(36-4)12-7-5-6-8-13-25(32)33)26(34)19(3)21(29)11-9-10-20-15-23(30)28-24(31)16-20/h7-8,12-14,18-20,22,26-27,34-35H,5-6,9-11,15-16H2,1-4H3,(H,32,33)(H,28,30,31)/b12-7+,13-8+,17-14+. The van der Waals surface area contributed by atoms with Crippen LogP contribution in [0.4, 0.5) is 0 Å². The Morgan fingerprint density at radius 2 is 1.72 bits per heavy atom. The summed E-state index contributed by atoms with van der Waals surface area (Å²) < 4.78 is 5.37. The first-order valence-corrected chi connectivity index (χ1v) is 12.4. The van der Waals surface area contributed by atoms with Crippen molar-refractivity contribution in [3.63, 3.8) is 0 Å². The van der Waals surface area contributed by atoms with Crippen molar-refractivity contribution in [2.75, 3.05) is 7.11 Å². The lowest BCUT2D eigenvalue weighted by molar-refractivity contribution is -0.135. The lowest BCUT2D eigenvalue weighted by Gasteiger charge is -2.25. The van der Waals surface area contributed by atoms with Crippen LogP contribution < -0.4 is 5.32 Å². The third-order valence-electron chi connectivity index (χ3n) is 6.47. The highest BCUT2D eigenvalue weighted by atomic mass is 16.5. The molecule has 1 aliphatic rings. The van der Waals surface area contributed by atoms with Gasteiger partial charge in [-0.15, -0.1) is 0 Å². The fourth-order valence-electron chi connectivity index (χ4n) is 4.27. The van der Waals surface area contributed by atoms with E-state index in [0.717, 1.165) is 6.08 Å². The molecule has 36 heavy (non-hydrogen) atoms. The van der Waals surface area contributed by atoms with Crippen molar-refractivity contribution in [1.82, 2.24) is 5.32 Å². The number of carbonyl (C=O) groups excluding carboxylic acids is 3. The maximum absolute atomic E-state index is 12.6. The molecule has 0 radical (unpaired) electrons. The predicted octanol–water partition coefficient (Wildman–Crippen LogP) is 2.71. The highest BCUT2D eigenvalue weighted by molar-refractivity contribution is 5.97. The summed E-state index contributed by atoms with van der Waals surface area (Å²) >= 11 is 0. The molecule has 4 N–H and O–H groups in total. The van der Waals surface area contributed by atoms with Crippen LogP contribution in [-0.2, 0) is 23.9 Å². The molecule has 5 unspecified atom stereocenters. The molecule has 1 fully saturated rings. The molecule has 202 valence electrons. The number of ether oxygens (including phenoxy) is 1. The average molecular weight is 508 g/mol. The number of Topliss-reactive ketones (excluding diaryl/α,β-unsaturated/α-hetero) is 1. The summed E-state index contributed by atoms with van der Waals surface area (Å²) in [6.07, 6.45) is 8.60. The molecule has 9 nitrogen and oxygen atoms in total. The van der Waals surface area contributed by atoms with Crippen LogP contribution in [0.15, 0.2) is 36.0 Å². The highest BCUT2D eigenvalue weighted by Crippen LogP contribution is 2.23. The summed E-state index contributed by atoms with van der Waals surface area (Å²) in [5.74, 6) is -2.68. The smallest absolute Gasteiger partial charge is 0.327 e. The number of unbranched alkanes of at least 4 members (excludes halogenated alkanes) is 1. The number of carboxylic acid groups (broad SMARTS) is 1. The topological polar surface area (TPSA) is 150 Å². The molecular weight excluding hydrogens is 466 g/mol. The molecule has 0 spiro atoms. The number of aliphatic hydroxyl groups excluding tert-OH is 2. The van der Waals surface area contributed by atoms with Crippen molar-refractivity contribution >= 4 is 23.6 Å². The van der Waals surface area contributed by atoms with Gasteiger partial charge >= 0.3 is 5.97 Å². The minimum Gasteiger partial charge on any atom is -0.478 e. The molecule has 0 aromatic carbocycles. The summed E-state index contributed by atoms with van der Waals surface area (Å²) in [7, 11) is 1.48. The maximum Gasteiger partial charge on any atom is 0.327 e. The first kappa shape index (κ1) is 31.4. The number of allylic oxidation sites excluding steroid dienone is 2. The molecule has 5 atom stereocenters. The number of aliphatic hydroxyl groups is 2. The van der Waals surface area contributed by atoms with E-state index in [9.17, 15) is 29.4 Å². The van der Waals surface area contributed by atoms with Gasteiger partial charge in [0.2, 0.25) is 11.8 Å². The van der Waals surface area contributed by atoms with E-state index in [1.807, 2.05) is 6.08 Å². The Labute approximate surface area is 213 Å². The fraction of sp³-hybridized carbons (Fsp3) is 0.630. The van der Waals surface area contributed by atoms with Gasteiger partial charge in [-0.05, 0) is 44.1 Å². The third kappa shape index (κ3) is 11.4. The molecule has 1 rings (SSSR count). The second kappa shape index (κ2) is 16.2. The second-order valence-electron chi connectivity index (χ2n) is 9.54. The summed E-state index contributed by atoms with van der Waals surface area (Å²) in [4.78, 5) is 46.0. The van der Waals surface area contributed by atoms with E-state index in [0.29, 0.717) is 44.1 Å². The maximum atomic E-state index is 12.6. The molecule has 1 saturated heterocycles. The van der Waals surface area contributed by atoms with Crippen molar-refractivity contribution in [3.8, 4) is 0 Å². The van der Waals surface area contributed by atoms with Gasteiger partial charge in [-0.1, -0.05) is 38.2 Å². The lowest BCUT2D eigenvalue weighted by Crippen LogP contribution is -2.38. The monoisotopic (exact) mass is 507 g/mol. The van der Waals surface area contributed by atoms with Gasteiger partial charge < -0.3 is 20.1 Å². The SMILES string of the molecule is COC(/C=C/CC/C=C/C(=O)O)C(O)C(C)/C=C(\C)C(O)C(C)C(=O)CCCC1CC(=O)NC(=O)C1. The number of carboxylic acids is 1. The van der Waals surface area contributed by atoms with Crippen LogP contribution in [0.2, 0.25) is 0 Å². The van der Waals surface area contributed by atoms with Crippen molar-refractivity contribution in [2.24, 2.45) is 17.8 Å². The van der Waals surface area contributed by atoms with Crippen LogP contribution in [0.5, 0.6) is 0 Å². The zero-order valence-electron chi connectivity index (χ0n) is 21.7. The first-order valence-electron chi connectivity index (χ1n) is 12.4. The van der Waals surface area contributed by atoms with E-state index >= 15 is 0 Å².